The van der Waals surface area contributed by atoms with Crippen molar-refractivity contribution in [2.75, 3.05) is 64.3 Å². The van der Waals surface area contributed by atoms with E-state index >= 15 is 0 Å². The Labute approximate surface area is 190 Å². The van der Waals surface area contributed by atoms with Crippen molar-refractivity contribution in [1.29, 1.82) is 0 Å². The first-order chi connectivity index (χ1) is 15.7. The molecule has 0 aliphatic carbocycles. The van der Waals surface area contributed by atoms with Gasteiger partial charge in [0, 0.05) is 65.3 Å². The summed E-state index contributed by atoms with van der Waals surface area (Å²) in [5.41, 5.74) is 1.85. The molecule has 0 spiro atoms. The molecular weight excluding hydrogens is 404 g/mol. The molecule has 5 heterocycles. The summed E-state index contributed by atoms with van der Waals surface area (Å²) >= 11 is 0. The molecule has 32 heavy (non-hydrogen) atoms. The SMILES string of the molecule is CN1CCN(CCNC(=O)C2CCCN(c3ncnc4c3nc3n4CCCCC3)C2)CC1. The first kappa shape index (κ1) is 21.6. The third kappa shape index (κ3) is 4.59. The second-order valence-corrected chi connectivity index (χ2v) is 9.58. The van der Waals surface area contributed by atoms with Crippen LogP contribution in [0.4, 0.5) is 5.82 Å². The van der Waals surface area contributed by atoms with Crippen molar-refractivity contribution in [3.63, 3.8) is 0 Å². The summed E-state index contributed by atoms with van der Waals surface area (Å²) in [7, 11) is 2.17. The molecule has 5 rings (SSSR count). The van der Waals surface area contributed by atoms with Gasteiger partial charge < -0.3 is 19.7 Å². The van der Waals surface area contributed by atoms with Crippen molar-refractivity contribution < 1.29 is 4.79 Å². The van der Waals surface area contributed by atoms with E-state index in [-0.39, 0.29) is 11.8 Å². The smallest absolute Gasteiger partial charge is 0.224 e. The number of anilines is 1. The zero-order chi connectivity index (χ0) is 21.9. The third-order valence-electron chi connectivity index (χ3n) is 7.29. The van der Waals surface area contributed by atoms with Crippen molar-refractivity contribution in [2.24, 2.45) is 5.92 Å². The number of aromatic nitrogens is 4. The fraction of sp³-hybridized carbons (Fsp3) is 0.739. The molecule has 1 amide bonds. The molecule has 3 aliphatic heterocycles. The van der Waals surface area contributed by atoms with Crippen molar-refractivity contribution in [1.82, 2.24) is 34.6 Å². The van der Waals surface area contributed by atoms with E-state index in [1.54, 1.807) is 6.33 Å². The summed E-state index contributed by atoms with van der Waals surface area (Å²) in [6.45, 7) is 8.65. The number of aryl methyl sites for hydroxylation is 2. The van der Waals surface area contributed by atoms with Crippen molar-refractivity contribution in [2.45, 2.75) is 45.1 Å². The van der Waals surface area contributed by atoms with Crippen LogP contribution in [-0.2, 0) is 17.8 Å². The number of carbonyl (C=O) groups is 1. The number of piperidine rings is 1. The molecule has 0 aromatic carbocycles. The van der Waals surface area contributed by atoms with Gasteiger partial charge >= 0.3 is 0 Å². The molecule has 2 aromatic rings. The number of hydrogen-bond acceptors (Lipinski definition) is 7. The number of nitrogens with zero attached hydrogens (tertiary/aromatic N) is 7. The molecular formula is C23H36N8O. The van der Waals surface area contributed by atoms with Crippen LogP contribution in [-0.4, -0.2) is 94.6 Å². The first-order valence-electron chi connectivity index (χ1n) is 12.3. The summed E-state index contributed by atoms with van der Waals surface area (Å²) in [5.74, 6) is 2.21. The summed E-state index contributed by atoms with van der Waals surface area (Å²) in [5, 5.41) is 3.19. The molecule has 0 bridgehead atoms. The zero-order valence-corrected chi connectivity index (χ0v) is 19.3. The molecule has 2 aromatic heterocycles. The van der Waals surface area contributed by atoms with Crippen LogP contribution in [0.15, 0.2) is 6.33 Å². The number of nitrogens with one attached hydrogen (secondary N) is 1. The lowest BCUT2D eigenvalue weighted by molar-refractivity contribution is -0.125. The quantitative estimate of drug-likeness (QED) is 0.746. The van der Waals surface area contributed by atoms with Crippen LogP contribution in [0.3, 0.4) is 0 Å². The lowest BCUT2D eigenvalue weighted by atomic mass is 9.97. The van der Waals surface area contributed by atoms with Gasteiger partial charge in [0.1, 0.15) is 12.2 Å². The Morgan fingerprint density at radius 2 is 1.94 bits per heavy atom. The Bertz CT molecular complexity index is 935. The Morgan fingerprint density at radius 1 is 1.06 bits per heavy atom. The number of piperazine rings is 1. The standard InChI is InChI=1S/C23H36N8O/c1-28-12-14-29(15-13-28)11-8-24-23(32)18-6-5-9-30(16-18)21-20-22(26-17-25-21)31-10-4-2-3-7-19(31)27-20/h17-18H,2-16H2,1H3,(H,24,32). The molecule has 1 N–H and O–H groups in total. The highest BCUT2D eigenvalue weighted by Crippen LogP contribution is 2.29. The van der Waals surface area contributed by atoms with Gasteiger partial charge in [-0.1, -0.05) is 6.42 Å². The largest absolute Gasteiger partial charge is 0.355 e. The maximum absolute atomic E-state index is 12.9. The Hall–Kier alpha value is -2.26. The van der Waals surface area contributed by atoms with Crippen LogP contribution in [0.1, 0.15) is 37.9 Å². The minimum atomic E-state index is 0.00157. The van der Waals surface area contributed by atoms with E-state index < -0.39 is 0 Å². The molecule has 3 aliphatic rings. The van der Waals surface area contributed by atoms with Gasteiger partial charge in [-0.2, -0.15) is 0 Å². The molecule has 9 heteroatoms. The summed E-state index contributed by atoms with van der Waals surface area (Å²) in [6, 6.07) is 0. The fourth-order valence-corrected chi connectivity index (χ4v) is 5.29. The molecule has 9 nitrogen and oxygen atoms in total. The van der Waals surface area contributed by atoms with Crippen LogP contribution >= 0.6 is 0 Å². The predicted octanol–water partition coefficient (Wildman–Crippen LogP) is 1.13. The molecule has 0 radical (unpaired) electrons. The number of imidazole rings is 1. The van der Waals surface area contributed by atoms with Gasteiger partial charge in [0.25, 0.3) is 0 Å². The molecule has 1 atom stereocenters. The van der Waals surface area contributed by atoms with Crippen molar-refractivity contribution in [3.8, 4) is 0 Å². The van der Waals surface area contributed by atoms with Gasteiger partial charge in [0.05, 0.1) is 5.92 Å². The van der Waals surface area contributed by atoms with Gasteiger partial charge in [-0.25, -0.2) is 15.0 Å². The average Bonchev–Trinajstić information content (AvgIpc) is 3.01. The number of likely N-dealkylation sites (N-methyl/N-ethyl adjacent to an activating group) is 1. The minimum absolute atomic E-state index is 0.00157. The van der Waals surface area contributed by atoms with E-state index in [9.17, 15) is 4.79 Å². The monoisotopic (exact) mass is 440 g/mol. The highest BCUT2D eigenvalue weighted by molar-refractivity contribution is 5.85. The Kier molecular flexibility index (Phi) is 6.54. The predicted molar refractivity (Wildman–Crippen MR) is 125 cm³/mol. The van der Waals surface area contributed by atoms with Crippen molar-refractivity contribution >= 4 is 22.9 Å². The average molecular weight is 441 g/mol. The van der Waals surface area contributed by atoms with E-state index in [1.807, 2.05) is 0 Å². The normalized spacial score (nSPS) is 23.2. The molecule has 0 saturated carbocycles. The van der Waals surface area contributed by atoms with E-state index in [4.69, 9.17) is 4.98 Å². The van der Waals surface area contributed by atoms with E-state index in [1.165, 1.54) is 19.3 Å². The molecule has 2 fully saturated rings. The van der Waals surface area contributed by atoms with E-state index in [2.05, 4.69) is 41.6 Å². The van der Waals surface area contributed by atoms with Gasteiger partial charge in [0.15, 0.2) is 17.0 Å². The summed E-state index contributed by atoms with van der Waals surface area (Å²) in [6.07, 6.45) is 8.22. The van der Waals surface area contributed by atoms with Gasteiger partial charge in [-0.3, -0.25) is 9.69 Å². The lowest BCUT2D eigenvalue weighted by Crippen LogP contribution is -2.48. The van der Waals surface area contributed by atoms with Crippen molar-refractivity contribution in [3.05, 3.63) is 12.2 Å². The topological polar surface area (TPSA) is 82.4 Å². The fourth-order valence-electron chi connectivity index (χ4n) is 5.29. The number of fused-ring (bicyclic) bond motifs is 3. The van der Waals surface area contributed by atoms with Crippen LogP contribution in [0.5, 0.6) is 0 Å². The highest BCUT2D eigenvalue weighted by atomic mass is 16.1. The number of rotatable bonds is 5. The van der Waals surface area contributed by atoms with Crippen LogP contribution < -0.4 is 10.2 Å². The molecule has 1 unspecified atom stereocenters. The molecule has 174 valence electrons. The lowest BCUT2D eigenvalue weighted by Gasteiger charge is -2.34. The van der Waals surface area contributed by atoms with Gasteiger partial charge in [0.2, 0.25) is 5.91 Å². The summed E-state index contributed by atoms with van der Waals surface area (Å²) < 4.78 is 2.28. The Morgan fingerprint density at radius 3 is 2.81 bits per heavy atom. The summed E-state index contributed by atoms with van der Waals surface area (Å²) in [4.78, 5) is 34.1. The van der Waals surface area contributed by atoms with Crippen LogP contribution in [0.2, 0.25) is 0 Å². The Balaban J connectivity index is 1.22. The number of amides is 1. The van der Waals surface area contributed by atoms with E-state index in [0.717, 1.165) is 94.4 Å². The number of hydrogen-bond donors (Lipinski definition) is 1. The van der Waals surface area contributed by atoms with Crippen LogP contribution in [0, 0.1) is 5.92 Å². The highest BCUT2D eigenvalue weighted by Gasteiger charge is 2.29. The van der Waals surface area contributed by atoms with Gasteiger partial charge in [-0.05, 0) is 32.7 Å². The zero-order valence-electron chi connectivity index (χ0n) is 19.3. The minimum Gasteiger partial charge on any atom is -0.355 e. The molecule has 2 saturated heterocycles. The maximum atomic E-state index is 12.9. The third-order valence-corrected chi connectivity index (χ3v) is 7.29. The number of carbonyl (C=O) groups excluding carboxylic acids is 1. The van der Waals surface area contributed by atoms with E-state index in [0.29, 0.717) is 6.54 Å². The maximum Gasteiger partial charge on any atom is 0.224 e. The second-order valence-electron chi connectivity index (χ2n) is 9.58. The first-order valence-corrected chi connectivity index (χ1v) is 12.3. The second kappa shape index (κ2) is 9.70. The van der Waals surface area contributed by atoms with Crippen LogP contribution in [0.25, 0.3) is 11.2 Å². The van der Waals surface area contributed by atoms with Gasteiger partial charge in [-0.15, -0.1) is 0 Å².